The van der Waals surface area contributed by atoms with E-state index in [-0.39, 0.29) is 23.8 Å². The van der Waals surface area contributed by atoms with Crippen LogP contribution in [-0.2, 0) is 20.6 Å². The molecule has 0 radical (unpaired) electrons. The summed E-state index contributed by atoms with van der Waals surface area (Å²) in [5.41, 5.74) is 0.898. The molecule has 1 N–H and O–H groups in total. The molecule has 1 aromatic carbocycles. The van der Waals surface area contributed by atoms with Gasteiger partial charge in [-0.15, -0.1) is 0 Å². The van der Waals surface area contributed by atoms with Gasteiger partial charge in [-0.25, -0.2) is 14.0 Å². The molecule has 0 saturated heterocycles. The van der Waals surface area contributed by atoms with Crippen LogP contribution < -0.4 is 4.72 Å². The number of hydroxylamine groups is 2. The predicted molar refractivity (Wildman–Crippen MR) is 88.4 cm³/mol. The Balaban J connectivity index is 2.83. The molecule has 1 amide bonds. The molecule has 1 rings (SSSR count). The third-order valence-electron chi connectivity index (χ3n) is 3.53. The number of amides is 1. The zero-order chi connectivity index (χ0) is 16.9. The van der Waals surface area contributed by atoms with Crippen molar-refractivity contribution in [3.8, 4) is 0 Å². The molecule has 0 heterocycles. The summed E-state index contributed by atoms with van der Waals surface area (Å²) in [4.78, 5) is 17.7. The number of nitrogens with one attached hydrogen (secondary N) is 1. The molecule has 0 saturated carbocycles. The molecule has 0 aromatic heterocycles. The topological polar surface area (TPSA) is 58.6 Å². The van der Waals surface area contributed by atoms with Crippen LogP contribution in [0.2, 0.25) is 0 Å². The first-order valence-corrected chi connectivity index (χ1v) is 8.35. The summed E-state index contributed by atoms with van der Waals surface area (Å²) < 4.78 is 15.5. The lowest BCUT2D eigenvalue weighted by Gasteiger charge is -2.31. The first-order chi connectivity index (χ1) is 10.1. The van der Waals surface area contributed by atoms with Crippen LogP contribution in [0.15, 0.2) is 29.2 Å². The molecule has 124 valence electrons. The molecule has 0 aliphatic heterocycles. The second-order valence-electron chi connectivity index (χ2n) is 6.40. The summed E-state index contributed by atoms with van der Waals surface area (Å²) >= 11 is 0. The molecule has 1 aromatic rings. The summed E-state index contributed by atoms with van der Waals surface area (Å²) in [5, 5.41) is 1.19. The second-order valence-corrected chi connectivity index (χ2v) is 7.64. The Morgan fingerprint density at radius 1 is 1.32 bits per heavy atom. The van der Waals surface area contributed by atoms with Crippen molar-refractivity contribution in [2.24, 2.45) is 5.41 Å². The standard InChI is InChI=1S/C16H26N2O3S/c1-12-7-9-13(10-8-12)22(20)17-14(16(2,3)4)11-15(19)18(5)21-6/h7-10,14,17H,11H2,1-6H3/t14-,22+/m1/s1. The maximum atomic E-state index is 12.5. The molecule has 0 spiro atoms. The Morgan fingerprint density at radius 3 is 2.32 bits per heavy atom. The number of hydrogen-bond acceptors (Lipinski definition) is 3. The van der Waals surface area contributed by atoms with E-state index in [0.29, 0.717) is 4.90 Å². The molecule has 0 aliphatic rings. The van der Waals surface area contributed by atoms with Gasteiger partial charge in [-0.2, -0.15) is 0 Å². The molecule has 0 fully saturated rings. The van der Waals surface area contributed by atoms with E-state index in [1.54, 1.807) is 7.05 Å². The lowest BCUT2D eigenvalue weighted by atomic mass is 9.85. The third-order valence-corrected chi connectivity index (χ3v) is 4.73. The lowest BCUT2D eigenvalue weighted by molar-refractivity contribution is -0.169. The van der Waals surface area contributed by atoms with Crippen LogP contribution in [0.25, 0.3) is 0 Å². The quantitative estimate of drug-likeness (QED) is 0.817. The Labute approximate surface area is 135 Å². The van der Waals surface area contributed by atoms with Crippen molar-refractivity contribution in [1.82, 2.24) is 9.79 Å². The molecule has 0 aliphatic carbocycles. The van der Waals surface area contributed by atoms with E-state index in [1.807, 2.05) is 52.0 Å². The number of benzene rings is 1. The number of carbonyl (C=O) groups is 1. The minimum absolute atomic E-state index is 0.157. The van der Waals surface area contributed by atoms with E-state index >= 15 is 0 Å². The van der Waals surface area contributed by atoms with Gasteiger partial charge in [0.15, 0.2) is 0 Å². The summed E-state index contributed by atoms with van der Waals surface area (Å²) in [6.45, 7) is 8.02. The largest absolute Gasteiger partial charge is 0.275 e. The van der Waals surface area contributed by atoms with Crippen molar-refractivity contribution in [2.45, 2.75) is 45.1 Å². The maximum Gasteiger partial charge on any atom is 0.247 e. The number of carbonyl (C=O) groups excluding carboxylic acids is 1. The predicted octanol–water partition coefficient (Wildman–Crippen LogP) is 2.43. The van der Waals surface area contributed by atoms with Gasteiger partial charge in [-0.1, -0.05) is 38.5 Å². The monoisotopic (exact) mass is 326 g/mol. The van der Waals surface area contributed by atoms with Crippen molar-refractivity contribution in [3.63, 3.8) is 0 Å². The van der Waals surface area contributed by atoms with Crippen molar-refractivity contribution >= 4 is 16.9 Å². The number of rotatable bonds is 6. The first-order valence-electron chi connectivity index (χ1n) is 7.20. The van der Waals surface area contributed by atoms with Gasteiger partial charge in [0.2, 0.25) is 5.91 Å². The van der Waals surface area contributed by atoms with Crippen LogP contribution in [0.4, 0.5) is 0 Å². The van der Waals surface area contributed by atoms with E-state index in [0.717, 1.165) is 5.56 Å². The summed E-state index contributed by atoms with van der Waals surface area (Å²) in [5.74, 6) is -0.157. The number of hydrogen-bond donors (Lipinski definition) is 1. The highest BCUT2D eigenvalue weighted by molar-refractivity contribution is 7.83. The highest BCUT2D eigenvalue weighted by atomic mass is 32.2. The van der Waals surface area contributed by atoms with Gasteiger partial charge in [0.1, 0.15) is 11.0 Å². The van der Waals surface area contributed by atoms with E-state index in [2.05, 4.69) is 4.72 Å². The molecular formula is C16H26N2O3S. The van der Waals surface area contributed by atoms with Crippen LogP contribution in [-0.4, -0.2) is 35.4 Å². The summed E-state index contributed by atoms with van der Waals surface area (Å²) in [7, 11) is 1.65. The first kappa shape index (κ1) is 18.8. The smallest absolute Gasteiger partial charge is 0.247 e. The van der Waals surface area contributed by atoms with Gasteiger partial charge in [-0.3, -0.25) is 9.63 Å². The van der Waals surface area contributed by atoms with Crippen LogP contribution in [0.5, 0.6) is 0 Å². The molecule has 0 unspecified atom stereocenters. The minimum atomic E-state index is -1.36. The molecule has 5 nitrogen and oxygen atoms in total. The Morgan fingerprint density at radius 2 is 1.86 bits per heavy atom. The van der Waals surface area contributed by atoms with Gasteiger partial charge in [0.25, 0.3) is 0 Å². The van der Waals surface area contributed by atoms with Crippen molar-refractivity contribution in [3.05, 3.63) is 29.8 Å². The fourth-order valence-electron chi connectivity index (χ4n) is 1.79. The molecule has 6 heteroatoms. The highest BCUT2D eigenvalue weighted by Gasteiger charge is 2.29. The van der Waals surface area contributed by atoms with Gasteiger partial charge >= 0.3 is 0 Å². The number of nitrogens with zero attached hydrogens (tertiary/aromatic N) is 1. The van der Waals surface area contributed by atoms with E-state index in [9.17, 15) is 9.00 Å². The molecule has 22 heavy (non-hydrogen) atoms. The normalized spacial score (nSPS) is 14.5. The number of aryl methyl sites for hydroxylation is 1. The summed E-state index contributed by atoms with van der Waals surface area (Å²) in [6.07, 6.45) is 0.214. The van der Waals surface area contributed by atoms with Crippen molar-refractivity contribution < 1.29 is 13.8 Å². The van der Waals surface area contributed by atoms with Crippen LogP contribution >= 0.6 is 0 Å². The lowest BCUT2D eigenvalue weighted by Crippen LogP contribution is -2.44. The molecule has 2 atom stereocenters. The van der Waals surface area contributed by atoms with Crippen LogP contribution in [0, 0.1) is 12.3 Å². The molecular weight excluding hydrogens is 300 g/mol. The average Bonchev–Trinajstić information content (AvgIpc) is 2.45. The zero-order valence-corrected chi connectivity index (χ0v) is 15.0. The molecule has 0 bridgehead atoms. The third kappa shape index (κ3) is 5.51. The van der Waals surface area contributed by atoms with Gasteiger partial charge in [0.05, 0.1) is 12.0 Å². The van der Waals surface area contributed by atoms with Gasteiger partial charge < -0.3 is 0 Å². The van der Waals surface area contributed by atoms with Crippen molar-refractivity contribution in [2.75, 3.05) is 14.2 Å². The fourth-order valence-corrected chi connectivity index (χ4v) is 3.00. The van der Waals surface area contributed by atoms with E-state index in [1.165, 1.54) is 12.2 Å². The Bertz CT molecular complexity index is 523. The Kier molecular flexibility index (Phi) is 6.71. The van der Waals surface area contributed by atoms with Gasteiger partial charge in [-0.05, 0) is 24.5 Å². The average molecular weight is 326 g/mol. The van der Waals surface area contributed by atoms with E-state index in [4.69, 9.17) is 4.84 Å². The van der Waals surface area contributed by atoms with Crippen molar-refractivity contribution in [1.29, 1.82) is 0 Å². The fraction of sp³-hybridized carbons (Fsp3) is 0.562. The second kappa shape index (κ2) is 7.85. The van der Waals surface area contributed by atoms with Gasteiger partial charge in [0, 0.05) is 19.5 Å². The highest BCUT2D eigenvalue weighted by Crippen LogP contribution is 2.23. The Hall–Kier alpha value is -1.24. The SMILES string of the molecule is CON(C)C(=O)C[C@@H](N[S@@](=O)c1ccc(C)cc1)C(C)(C)C. The van der Waals surface area contributed by atoms with E-state index < -0.39 is 11.0 Å². The minimum Gasteiger partial charge on any atom is -0.275 e. The summed E-state index contributed by atoms with van der Waals surface area (Å²) in [6, 6.07) is 7.28. The zero-order valence-electron chi connectivity index (χ0n) is 14.2. The van der Waals surface area contributed by atoms with Crippen LogP contribution in [0.1, 0.15) is 32.8 Å². The van der Waals surface area contributed by atoms with Crippen LogP contribution in [0.3, 0.4) is 0 Å². The maximum absolute atomic E-state index is 12.5.